The molecule has 0 aliphatic heterocycles. The van der Waals surface area contributed by atoms with Crippen LogP contribution in [-0.2, 0) is 6.54 Å². The van der Waals surface area contributed by atoms with E-state index in [9.17, 15) is 4.79 Å². The van der Waals surface area contributed by atoms with Crippen molar-refractivity contribution < 1.29 is 9.90 Å². The van der Waals surface area contributed by atoms with Crippen molar-refractivity contribution in [2.75, 3.05) is 11.1 Å². The Hall–Kier alpha value is -2.63. The van der Waals surface area contributed by atoms with Gasteiger partial charge in [0.15, 0.2) is 0 Å². The average Bonchev–Trinajstić information content (AvgIpc) is 2.38. The molecule has 0 saturated carbocycles. The highest BCUT2D eigenvalue weighted by atomic mass is 16.4. The minimum atomic E-state index is -1.02. The molecular formula is C12H12N4O2. The maximum absolute atomic E-state index is 11.1. The Labute approximate surface area is 104 Å². The molecule has 1 aromatic heterocycles. The molecule has 2 aromatic rings. The summed E-state index contributed by atoms with van der Waals surface area (Å²) in [4.78, 5) is 18.9. The maximum Gasteiger partial charge on any atom is 0.337 e. The number of hydrogen-bond acceptors (Lipinski definition) is 5. The van der Waals surface area contributed by atoms with Crippen molar-refractivity contribution in [1.29, 1.82) is 0 Å². The number of nitrogens with one attached hydrogen (secondary N) is 1. The number of carbonyl (C=O) groups is 1. The predicted octanol–water partition coefficient (Wildman–Crippen LogP) is 1.37. The Balaban J connectivity index is 2.17. The van der Waals surface area contributed by atoms with Crippen molar-refractivity contribution in [2.45, 2.75) is 6.54 Å². The van der Waals surface area contributed by atoms with Gasteiger partial charge in [-0.05, 0) is 24.3 Å². The molecule has 0 bridgehead atoms. The summed E-state index contributed by atoms with van der Waals surface area (Å²) in [6.07, 6.45) is 3.07. The summed E-state index contributed by atoms with van der Waals surface area (Å²) in [7, 11) is 0. The summed E-state index contributed by atoms with van der Waals surface area (Å²) in [6.45, 7) is 0.423. The fourth-order valence-electron chi connectivity index (χ4n) is 1.50. The van der Waals surface area contributed by atoms with Gasteiger partial charge in [0.2, 0.25) is 0 Å². The molecule has 1 heterocycles. The molecule has 0 saturated heterocycles. The highest BCUT2D eigenvalue weighted by Gasteiger charge is 2.10. The molecule has 0 radical (unpaired) electrons. The van der Waals surface area contributed by atoms with E-state index in [0.29, 0.717) is 17.9 Å². The topological polar surface area (TPSA) is 101 Å². The summed E-state index contributed by atoms with van der Waals surface area (Å²) >= 11 is 0. The van der Waals surface area contributed by atoms with E-state index in [2.05, 4.69) is 15.3 Å². The zero-order valence-corrected chi connectivity index (χ0v) is 9.50. The third-order valence-corrected chi connectivity index (χ3v) is 2.38. The van der Waals surface area contributed by atoms with Gasteiger partial charge in [0.25, 0.3) is 0 Å². The predicted molar refractivity (Wildman–Crippen MR) is 67.2 cm³/mol. The van der Waals surface area contributed by atoms with Crippen LogP contribution in [0.15, 0.2) is 36.8 Å². The number of carboxylic acids is 1. The highest BCUT2D eigenvalue weighted by Crippen LogP contribution is 2.19. The number of carboxylic acid groups (broad SMARTS) is 1. The first-order valence-corrected chi connectivity index (χ1v) is 5.28. The van der Waals surface area contributed by atoms with E-state index in [1.165, 1.54) is 12.4 Å². The van der Waals surface area contributed by atoms with Crippen LogP contribution in [0.25, 0.3) is 0 Å². The smallest absolute Gasteiger partial charge is 0.337 e. The van der Waals surface area contributed by atoms with Gasteiger partial charge in [0, 0.05) is 17.6 Å². The first kappa shape index (κ1) is 11.8. The zero-order chi connectivity index (χ0) is 13.0. The molecule has 0 atom stereocenters. The quantitative estimate of drug-likeness (QED) is 0.702. The van der Waals surface area contributed by atoms with Gasteiger partial charge < -0.3 is 16.2 Å². The van der Waals surface area contributed by atoms with Crippen LogP contribution in [0.2, 0.25) is 0 Å². The second kappa shape index (κ2) is 5.13. The molecule has 0 spiro atoms. The molecule has 6 nitrogen and oxygen atoms in total. The van der Waals surface area contributed by atoms with E-state index >= 15 is 0 Å². The Morgan fingerprint density at radius 3 is 2.89 bits per heavy atom. The number of rotatable bonds is 4. The Morgan fingerprint density at radius 1 is 1.39 bits per heavy atom. The van der Waals surface area contributed by atoms with Crippen LogP contribution in [-0.4, -0.2) is 21.0 Å². The van der Waals surface area contributed by atoms with E-state index in [-0.39, 0.29) is 5.56 Å². The molecule has 18 heavy (non-hydrogen) atoms. The van der Waals surface area contributed by atoms with Gasteiger partial charge in [-0.25, -0.2) is 14.8 Å². The number of nitrogen functional groups attached to an aromatic ring is 1. The lowest BCUT2D eigenvalue weighted by Crippen LogP contribution is -2.08. The van der Waals surface area contributed by atoms with Crippen molar-refractivity contribution in [3.63, 3.8) is 0 Å². The van der Waals surface area contributed by atoms with Gasteiger partial charge in [0.1, 0.15) is 6.33 Å². The fraction of sp³-hybridized carbons (Fsp3) is 0.0833. The minimum absolute atomic E-state index is 0.143. The summed E-state index contributed by atoms with van der Waals surface area (Å²) in [5.74, 6) is -1.02. The molecule has 0 unspecified atom stereocenters. The number of nitrogens with zero attached hydrogens (tertiary/aromatic N) is 2. The van der Waals surface area contributed by atoms with E-state index < -0.39 is 5.97 Å². The molecule has 0 aliphatic carbocycles. The van der Waals surface area contributed by atoms with E-state index in [4.69, 9.17) is 10.8 Å². The van der Waals surface area contributed by atoms with E-state index in [1.54, 1.807) is 24.4 Å². The van der Waals surface area contributed by atoms with E-state index in [0.717, 1.165) is 5.69 Å². The number of anilines is 2. The summed E-state index contributed by atoms with van der Waals surface area (Å²) in [5.41, 5.74) is 7.41. The molecule has 0 fully saturated rings. The van der Waals surface area contributed by atoms with Gasteiger partial charge in [-0.15, -0.1) is 0 Å². The number of aromatic nitrogens is 2. The maximum atomic E-state index is 11.1. The third-order valence-electron chi connectivity index (χ3n) is 2.38. The van der Waals surface area contributed by atoms with Gasteiger partial charge >= 0.3 is 5.97 Å². The molecule has 92 valence electrons. The monoisotopic (exact) mass is 244 g/mol. The average molecular weight is 244 g/mol. The second-order valence-corrected chi connectivity index (χ2v) is 3.66. The van der Waals surface area contributed by atoms with Crippen LogP contribution in [0.5, 0.6) is 0 Å². The van der Waals surface area contributed by atoms with Crippen LogP contribution >= 0.6 is 0 Å². The standard InChI is InChI=1S/C12H12N4O2/c13-8-1-2-11(10(5-8)12(17)18)15-6-9-3-4-14-7-16-9/h1-5,7,15H,6,13H2,(H,17,18). The highest BCUT2D eigenvalue weighted by molar-refractivity contribution is 5.95. The lowest BCUT2D eigenvalue weighted by atomic mass is 10.1. The Bertz CT molecular complexity index is 557. The van der Waals surface area contributed by atoms with E-state index in [1.807, 2.05) is 0 Å². The van der Waals surface area contributed by atoms with Gasteiger partial charge in [-0.2, -0.15) is 0 Å². The lowest BCUT2D eigenvalue weighted by Gasteiger charge is -2.09. The Kier molecular flexibility index (Phi) is 3.38. The zero-order valence-electron chi connectivity index (χ0n) is 9.50. The normalized spacial score (nSPS) is 10.0. The fourth-order valence-corrected chi connectivity index (χ4v) is 1.50. The molecule has 4 N–H and O–H groups in total. The summed E-state index contributed by atoms with van der Waals surface area (Å²) in [6, 6.07) is 6.46. The van der Waals surface area contributed by atoms with Crippen LogP contribution in [0.4, 0.5) is 11.4 Å². The largest absolute Gasteiger partial charge is 0.478 e. The summed E-state index contributed by atoms with van der Waals surface area (Å²) in [5, 5.41) is 12.1. The van der Waals surface area contributed by atoms with Gasteiger partial charge in [0.05, 0.1) is 17.8 Å². The number of aromatic carboxylic acids is 1. The van der Waals surface area contributed by atoms with Crippen LogP contribution in [0.1, 0.15) is 16.1 Å². The number of hydrogen-bond donors (Lipinski definition) is 3. The van der Waals surface area contributed by atoms with Crippen LogP contribution in [0, 0.1) is 0 Å². The molecule has 1 aromatic carbocycles. The summed E-state index contributed by atoms with van der Waals surface area (Å²) < 4.78 is 0. The van der Waals surface area contributed by atoms with Crippen LogP contribution in [0.3, 0.4) is 0 Å². The first-order valence-electron chi connectivity index (χ1n) is 5.28. The SMILES string of the molecule is Nc1ccc(NCc2ccncn2)c(C(=O)O)c1. The van der Waals surface area contributed by atoms with Crippen molar-refractivity contribution >= 4 is 17.3 Å². The number of benzene rings is 1. The molecule has 0 aliphatic rings. The molecular weight excluding hydrogens is 232 g/mol. The number of nitrogens with two attached hydrogens (primary N) is 1. The molecule has 0 amide bonds. The third kappa shape index (κ3) is 2.73. The molecule has 2 rings (SSSR count). The first-order chi connectivity index (χ1) is 8.66. The van der Waals surface area contributed by atoms with Crippen molar-refractivity contribution in [1.82, 2.24) is 9.97 Å². The second-order valence-electron chi connectivity index (χ2n) is 3.66. The van der Waals surface area contributed by atoms with Crippen LogP contribution < -0.4 is 11.1 Å². The van der Waals surface area contributed by atoms with Gasteiger partial charge in [-0.3, -0.25) is 0 Å². The van der Waals surface area contributed by atoms with Gasteiger partial charge in [-0.1, -0.05) is 0 Å². The van der Waals surface area contributed by atoms with Crippen molar-refractivity contribution in [2.24, 2.45) is 0 Å². The minimum Gasteiger partial charge on any atom is -0.478 e. The Morgan fingerprint density at radius 2 is 2.22 bits per heavy atom. The molecule has 6 heteroatoms. The lowest BCUT2D eigenvalue weighted by molar-refractivity contribution is 0.0698. The van der Waals surface area contributed by atoms with Crippen molar-refractivity contribution in [3.8, 4) is 0 Å². The van der Waals surface area contributed by atoms with Crippen molar-refractivity contribution in [3.05, 3.63) is 48.0 Å².